The molecule has 0 aromatic heterocycles. The van der Waals surface area contributed by atoms with Crippen molar-refractivity contribution in [2.24, 2.45) is 0 Å². The summed E-state index contributed by atoms with van der Waals surface area (Å²) in [4.78, 5) is 11.8. The van der Waals surface area contributed by atoms with Crippen molar-refractivity contribution < 1.29 is 9.18 Å². The highest BCUT2D eigenvalue weighted by molar-refractivity contribution is 9.10. The molecule has 1 unspecified atom stereocenters. The third-order valence-electron chi connectivity index (χ3n) is 2.46. The summed E-state index contributed by atoms with van der Waals surface area (Å²) in [7, 11) is 0. The van der Waals surface area contributed by atoms with Gasteiger partial charge in [0.15, 0.2) is 0 Å². The summed E-state index contributed by atoms with van der Waals surface area (Å²) in [6.07, 6.45) is 1.45. The van der Waals surface area contributed by atoms with E-state index in [1.165, 1.54) is 12.1 Å². The minimum atomic E-state index is -0.522. The maximum Gasteiger partial charge on any atom is 0.254 e. The molecule has 0 saturated carbocycles. The van der Waals surface area contributed by atoms with E-state index in [1.54, 1.807) is 6.07 Å². The van der Waals surface area contributed by atoms with Crippen molar-refractivity contribution in [3.63, 3.8) is 0 Å². The molecule has 1 N–H and O–H groups in total. The highest BCUT2D eigenvalue weighted by atomic mass is 79.9. The van der Waals surface area contributed by atoms with Crippen LogP contribution in [-0.2, 0) is 0 Å². The highest BCUT2D eigenvalue weighted by Gasteiger charge is 2.15. The summed E-state index contributed by atoms with van der Waals surface area (Å²) in [5.74, 6) is -0.452. The monoisotopic (exact) mass is 321 g/mol. The van der Waals surface area contributed by atoms with Crippen LogP contribution in [0.2, 0.25) is 0 Å². The molecular formula is C12H14BrClFNO. The molecule has 0 radical (unpaired) electrons. The summed E-state index contributed by atoms with van der Waals surface area (Å²) >= 11 is 8.84. The number of nitrogens with one attached hydrogen (secondary N) is 1. The predicted molar refractivity (Wildman–Crippen MR) is 71.0 cm³/mol. The van der Waals surface area contributed by atoms with Gasteiger partial charge in [0, 0.05) is 16.4 Å². The number of rotatable bonds is 5. The Balaban J connectivity index is 2.78. The fourth-order valence-corrected chi connectivity index (χ4v) is 2.07. The molecule has 0 saturated heterocycles. The van der Waals surface area contributed by atoms with Gasteiger partial charge in [0.25, 0.3) is 5.91 Å². The first-order valence-electron chi connectivity index (χ1n) is 5.40. The van der Waals surface area contributed by atoms with Gasteiger partial charge < -0.3 is 5.32 Å². The second kappa shape index (κ2) is 6.97. The lowest BCUT2D eigenvalue weighted by atomic mass is 10.1. The maximum absolute atomic E-state index is 13.5. The lowest BCUT2D eigenvalue weighted by Gasteiger charge is -2.15. The van der Waals surface area contributed by atoms with Gasteiger partial charge in [-0.15, -0.1) is 11.6 Å². The van der Waals surface area contributed by atoms with E-state index < -0.39 is 11.7 Å². The Morgan fingerprint density at radius 2 is 2.29 bits per heavy atom. The highest BCUT2D eigenvalue weighted by Crippen LogP contribution is 2.16. The summed E-state index contributed by atoms with van der Waals surface area (Å²) in [5.41, 5.74) is 0.0485. The van der Waals surface area contributed by atoms with Gasteiger partial charge in [-0.2, -0.15) is 0 Å². The molecule has 17 heavy (non-hydrogen) atoms. The van der Waals surface area contributed by atoms with E-state index in [2.05, 4.69) is 21.2 Å². The second-order valence-corrected chi connectivity index (χ2v) is 4.97. The Morgan fingerprint density at radius 1 is 1.59 bits per heavy atom. The Kier molecular flexibility index (Phi) is 5.92. The van der Waals surface area contributed by atoms with Crippen molar-refractivity contribution >= 4 is 33.4 Å². The average Bonchev–Trinajstić information content (AvgIpc) is 2.31. The van der Waals surface area contributed by atoms with E-state index in [-0.39, 0.29) is 11.6 Å². The van der Waals surface area contributed by atoms with E-state index in [0.717, 1.165) is 6.42 Å². The molecular weight excluding hydrogens is 308 g/mol. The number of amides is 1. The van der Waals surface area contributed by atoms with Crippen LogP contribution in [0.4, 0.5) is 4.39 Å². The molecule has 0 fully saturated rings. The number of halogens is 3. The van der Waals surface area contributed by atoms with Crippen LogP contribution < -0.4 is 5.32 Å². The van der Waals surface area contributed by atoms with Crippen molar-refractivity contribution in [2.45, 2.75) is 25.8 Å². The maximum atomic E-state index is 13.5. The lowest BCUT2D eigenvalue weighted by Crippen LogP contribution is -2.35. The average molecular weight is 323 g/mol. The minimum absolute atomic E-state index is 0.0154. The van der Waals surface area contributed by atoms with Crippen LogP contribution in [0, 0.1) is 5.82 Å². The predicted octanol–water partition coefficient (Wildman–Crippen LogP) is 3.73. The Labute approximate surface area is 114 Å². The molecule has 0 spiro atoms. The number of carbonyl (C=O) groups excluding carboxylic acids is 1. The van der Waals surface area contributed by atoms with Gasteiger partial charge in [0.05, 0.1) is 5.56 Å². The number of alkyl halides is 1. The summed E-state index contributed by atoms with van der Waals surface area (Å²) < 4.78 is 14.1. The third-order valence-corrected chi connectivity index (χ3v) is 3.17. The number of carbonyl (C=O) groups is 1. The Bertz CT molecular complexity index is 400. The second-order valence-electron chi connectivity index (χ2n) is 3.68. The van der Waals surface area contributed by atoms with E-state index in [9.17, 15) is 9.18 Å². The fourth-order valence-electron chi connectivity index (χ4n) is 1.44. The van der Waals surface area contributed by atoms with Crippen LogP contribution >= 0.6 is 27.5 Å². The van der Waals surface area contributed by atoms with Gasteiger partial charge in [-0.3, -0.25) is 4.79 Å². The Hall–Kier alpha value is -0.610. The lowest BCUT2D eigenvalue weighted by molar-refractivity contribution is 0.0931. The normalized spacial score (nSPS) is 12.2. The van der Waals surface area contributed by atoms with Crippen LogP contribution in [0.5, 0.6) is 0 Å². The van der Waals surface area contributed by atoms with Crippen LogP contribution in [0.25, 0.3) is 0 Å². The Morgan fingerprint density at radius 3 is 2.88 bits per heavy atom. The zero-order chi connectivity index (χ0) is 12.8. The minimum Gasteiger partial charge on any atom is -0.349 e. The van der Waals surface area contributed by atoms with Crippen LogP contribution in [-0.4, -0.2) is 17.8 Å². The zero-order valence-electron chi connectivity index (χ0n) is 9.47. The quantitative estimate of drug-likeness (QED) is 0.822. The van der Waals surface area contributed by atoms with Crippen molar-refractivity contribution in [2.75, 3.05) is 5.88 Å². The van der Waals surface area contributed by atoms with Gasteiger partial charge in [0.2, 0.25) is 0 Å². The number of hydrogen-bond acceptors (Lipinski definition) is 1. The van der Waals surface area contributed by atoms with Crippen molar-refractivity contribution in [3.8, 4) is 0 Å². The standard InChI is InChI=1S/C12H14BrClFNO/c1-2-9(5-6-14)16-12(17)10-7-8(13)3-4-11(10)15/h3-4,7,9H,2,5-6H2,1H3,(H,16,17). The fraction of sp³-hybridized carbons (Fsp3) is 0.417. The molecule has 1 amide bonds. The van der Waals surface area contributed by atoms with E-state index in [0.29, 0.717) is 16.8 Å². The molecule has 0 aliphatic carbocycles. The number of hydrogen-bond donors (Lipinski definition) is 1. The van der Waals surface area contributed by atoms with Crippen molar-refractivity contribution in [3.05, 3.63) is 34.1 Å². The first kappa shape index (κ1) is 14.5. The SMILES string of the molecule is CCC(CCCl)NC(=O)c1cc(Br)ccc1F. The molecule has 1 aromatic carbocycles. The summed E-state index contributed by atoms with van der Waals surface area (Å²) in [6.45, 7) is 1.95. The van der Waals surface area contributed by atoms with E-state index in [4.69, 9.17) is 11.6 Å². The van der Waals surface area contributed by atoms with Gasteiger partial charge in [0.1, 0.15) is 5.82 Å². The molecule has 0 bridgehead atoms. The van der Waals surface area contributed by atoms with Gasteiger partial charge in [-0.25, -0.2) is 4.39 Å². The number of benzene rings is 1. The van der Waals surface area contributed by atoms with Gasteiger partial charge in [-0.1, -0.05) is 22.9 Å². The first-order valence-corrected chi connectivity index (χ1v) is 6.73. The molecule has 5 heteroatoms. The van der Waals surface area contributed by atoms with E-state index >= 15 is 0 Å². The molecule has 1 atom stereocenters. The van der Waals surface area contributed by atoms with Crippen molar-refractivity contribution in [1.82, 2.24) is 5.32 Å². The molecule has 2 nitrogen and oxygen atoms in total. The largest absolute Gasteiger partial charge is 0.349 e. The van der Waals surface area contributed by atoms with Gasteiger partial charge >= 0.3 is 0 Å². The zero-order valence-corrected chi connectivity index (χ0v) is 11.8. The van der Waals surface area contributed by atoms with E-state index in [1.807, 2.05) is 6.92 Å². The molecule has 1 aromatic rings. The van der Waals surface area contributed by atoms with Gasteiger partial charge in [-0.05, 0) is 31.0 Å². The molecule has 0 aliphatic heterocycles. The van der Waals surface area contributed by atoms with Crippen LogP contribution in [0.3, 0.4) is 0 Å². The topological polar surface area (TPSA) is 29.1 Å². The summed E-state index contributed by atoms with van der Waals surface area (Å²) in [5, 5.41) is 2.77. The van der Waals surface area contributed by atoms with Crippen molar-refractivity contribution in [1.29, 1.82) is 0 Å². The molecule has 0 heterocycles. The smallest absolute Gasteiger partial charge is 0.254 e. The molecule has 94 valence electrons. The van der Waals surface area contributed by atoms with Crippen LogP contribution in [0.1, 0.15) is 30.1 Å². The van der Waals surface area contributed by atoms with Crippen LogP contribution in [0.15, 0.2) is 22.7 Å². The summed E-state index contributed by atoms with van der Waals surface area (Å²) in [6, 6.07) is 4.28. The first-order chi connectivity index (χ1) is 8.08. The molecule has 1 rings (SSSR count). The third kappa shape index (κ3) is 4.28. The molecule has 0 aliphatic rings.